The minimum atomic E-state index is -0.982. The van der Waals surface area contributed by atoms with Gasteiger partial charge in [-0.2, -0.15) is 11.8 Å². The van der Waals surface area contributed by atoms with E-state index in [4.69, 9.17) is 5.11 Å². The van der Waals surface area contributed by atoms with Crippen LogP contribution in [0.15, 0.2) is 6.20 Å². The number of amides is 2. The Bertz CT molecular complexity index is 521. The predicted molar refractivity (Wildman–Crippen MR) is 78.0 cm³/mol. The van der Waals surface area contributed by atoms with E-state index < -0.39 is 5.97 Å². The fraction of sp³-hybridized carbons (Fsp3) is 0.667. The molecule has 0 aliphatic carbocycles. The van der Waals surface area contributed by atoms with Crippen LogP contribution in [0, 0.1) is 0 Å². The molecule has 1 aromatic rings. The number of rotatable bonds is 4. The molecule has 0 spiro atoms. The van der Waals surface area contributed by atoms with Gasteiger partial charge in [0.05, 0.1) is 12.7 Å². The van der Waals surface area contributed by atoms with Gasteiger partial charge in [-0.3, -0.25) is 4.79 Å². The summed E-state index contributed by atoms with van der Waals surface area (Å²) < 4.78 is 1.23. The molecule has 0 radical (unpaired) electrons. The number of nitrogens with zero attached hydrogens (tertiary/aromatic N) is 4. The number of nitrogens with one attached hydrogen (secondary N) is 1. The van der Waals surface area contributed by atoms with E-state index in [9.17, 15) is 9.59 Å². The third-order valence-corrected chi connectivity index (χ3v) is 4.79. The van der Waals surface area contributed by atoms with Crippen LogP contribution in [0.3, 0.4) is 0 Å². The van der Waals surface area contributed by atoms with Crippen molar-refractivity contribution >= 4 is 23.8 Å². The highest BCUT2D eigenvalue weighted by Gasteiger charge is 2.28. The molecule has 2 atom stereocenters. The van der Waals surface area contributed by atoms with E-state index in [0.29, 0.717) is 10.9 Å². The largest absolute Gasteiger partial charge is 0.480 e. The number of thioether (sulfide) groups is 1. The predicted octanol–water partition coefficient (Wildman–Crippen LogP) is 0.398. The first-order chi connectivity index (χ1) is 9.97. The van der Waals surface area contributed by atoms with Crippen molar-refractivity contribution in [3.05, 3.63) is 11.9 Å². The van der Waals surface area contributed by atoms with Crippen LogP contribution in [0.2, 0.25) is 0 Å². The van der Waals surface area contributed by atoms with E-state index in [1.807, 2.05) is 23.6 Å². The van der Waals surface area contributed by atoms with E-state index in [0.717, 1.165) is 12.3 Å². The molecule has 1 fully saturated rings. The Kier molecular flexibility index (Phi) is 5.05. The highest BCUT2D eigenvalue weighted by Crippen LogP contribution is 2.24. The first-order valence-electron chi connectivity index (χ1n) is 6.74. The average molecular weight is 313 g/mol. The fourth-order valence-corrected chi connectivity index (χ4v) is 3.22. The van der Waals surface area contributed by atoms with Crippen molar-refractivity contribution in [3.8, 4) is 0 Å². The maximum atomic E-state index is 12.2. The summed E-state index contributed by atoms with van der Waals surface area (Å²) in [5.41, 5.74) is 0.539. The topological polar surface area (TPSA) is 100 Å². The van der Waals surface area contributed by atoms with Gasteiger partial charge in [-0.25, -0.2) is 9.48 Å². The lowest BCUT2D eigenvalue weighted by atomic mass is 10.2. The number of aliphatic carboxylic acids is 1. The van der Waals surface area contributed by atoms with Crippen molar-refractivity contribution in [1.29, 1.82) is 0 Å². The summed E-state index contributed by atoms with van der Waals surface area (Å²) in [6.45, 7) is 4.89. The van der Waals surface area contributed by atoms with Gasteiger partial charge in [0.15, 0.2) is 0 Å². The van der Waals surface area contributed by atoms with E-state index in [1.54, 1.807) is 0 Å². The van der Waals surface area contributed by atoms with Crippen LogP contribution in [0.1, 0.15) is 19.5 Å². The Hall–Kier alpha value is -1.77. The highest BCUT2D eigenvalue weighted by molar-refractivity contribution is 8.00. The average Bonchev–Trinajstić information content (AvgIpc) is 2.86. The number of carboxylic acid groups (broad SMARTS) is 1. The van der Waals surface area contributed by atoms with Gasteiger partial charge < -0.3 is 15.3 Å². The van der Waals surface area contributed by atoms with Crippen LogP contribution in [-0.2, 0) is 17.9 Å². The molecule has 1 saturated heterocycles. The lowest BCUT2D eigenvalue weighted by Gasteiger charge is -2.37. The Labute approximate surface area is 126 Å². The monoisotopic (exact) mass is 313 g/mol. The molecule has 1 aliphatic heterocycles. The molecular formula is C12H19N5O3S. The molecule has 8 nitrogen and oxygen atoms in total. The lowest BCUT2D eigenvalue weighted by Crippen LogP contribution is -2.51. The van der Waals surface area contributed by atoms with Crippen molar-refractivity contribution in [1.82, 2.24) is 25.2 Å². The van der Waals surface area contributed by atoms with E-state index >= 15 is 0 Å². The summed E-state index contributed by atoms with van der Waals surface area (Å²) >= 11 is 1.87. The van der Waals surface area contributed by atoms with Gasteiger partial charge in [-0.05, 0) is 6.92 Å². The minimum absolute atomic E-state index is 0.123. The number of carboxylic acids is 1. The summed E-state index contributed by atoms with van der Waals surface area (Å²) in [6, 6.07) is 0.0638. The van der Waals surface area contributed by atoms with Crippen LogP contribution in [0.5, 0.6) is 0 Å². The second kappa shape index (κ2) is 6.79. The first-order valence-corrected chi connectivity index (χ1v) is 7.79. The Morgan fingerprint density at radius 1 is 1.52 bits per heavy atom. The van der Waals surface area contributed by atoms with Crippen LogP contribution in [-0.4, -0.2) is 60.6 Å². The van der Waals surface area contributed by atoms with Crippen LogP contribution in [0.4, 0.5) is 4.79 Å². The third kappa shape index (κ3) is 4.10. The van der Waals surface area contributed by atoms with Crippen molar-refractivity contribution in [2.45, 2.75) is 38.2 Å². The van der Waals surface area contributed by atoms with Crippen molar-refractivity contribution in [3.63, 3.8) is 0 Å². The third-order valence-electron chi connectivity index (χ3n) is 3.45. The summed E-state index contributed by atoms with van der Waals surface area (Å²) in [7, 11) is 0. The van der Waals surface area contributed by atoms with Gasteiger partial charge in [-0.15, -0.1) is 5.10 Å². The Morgan fingerprint density at radius 3 is 3.00 bits per heavy atom. The zero-order chi connectivity index (χ0) is 15.4. The van der Waals surface area contributed by atoms with Gasteiger partial charge in [0, 0.05) is 23.6 Å². The quantitative estimate of drug-likeness (QED) is 0.834. The number of hydrogen-bond donors (Lipinski definition) is 2. The van der Waals surface area contributed by atoms with Crippen LogP contribution < -0.4 is 5.32 Å². The molecular weight excluding hydrogens is 294 g/mol. The minimum Gasteiger partial charge on any atom is -0.480 e. The number of hydrogen-bond acceptors (Lipinski definition) is 5. The number of carbonyl (C=O) groups excluding carboxylic acids is 1. The van der Waals surface area contributed by atoms with E-state index in [1.165, 1.54) is 10.9 Å². The molecule has 2 rings (SSSR count). The van der Waals surface area contributed by atoms with E-state index in [2.05, 4.69) is 22.6 Å². The molecule has 0 bridgehead atoms. The fourth-order valence-electron chi connectivity index (χ4n) is 2.12. The number of carbonyl (C=O) groups is 2. The van der Waals surface area contributed by atoms with Crippen molar-refractivity contribution < 1.29 is 14.7 Å². The summed E-state index contributed by atoms with van der Waals surface area (Å²) in [6.07, 6.45) is 1.52. The van der Waals surface area contributed by atoms with Gasteiger partial charge >= 0.3 is 12.0 Å². The molecule has 2 amide bonds. The maximum Gasteiger partial charge on any atom is 0.325 e. The summed E-state index contributed by atoms with van der Waals surface area (Å²) in [5, 5.41) is 19.4. The lowest BCUT2D eigenvalue weighted by molar-refractivity contribution is -0.137. The molecule has 0 saturated carbocycles. The molecule has 1 aromatic heterocycles. The SMILES string of the molecule is CC1SCCN(C(=O)NCc2cn(CC(=O)O)nn2)C1C. The zero-order valence-electron chi connectivity index (χ0n) is 12.0. The number of urea groups is 1. The van der Waals surface area contributed by atoms with Crippen molar-refractivity contribution in [2.24, 2.45) is 0 Å². The molecule has 1 aliphatic rings. The van der Waals surface area contributed by atoms with Gasteiger partial charge in [0.2, 0.25) is 0 Å². The molecule has 2 N–H and O–H groups in total. The Balaban J connectivity index is 1.86. The second-order valence-electron chi connectivity index (χ2n) is 4.97. The van der Waals surface area contributed by atoms with Crippen LogP contribution in [0.25, 0.3) is 0 Å². The van der Waals surface area contributed by atoms with Gasteiger partial charge in [-0.1, -0.05) is 12.1 Å². The summed E-state index contributed by atoms with van der Waals surface area (Å²) in [4.78, 5) is 24.5. The zero-order valence-corrected chi connectivity index (χ0v) is 12.8. The van der Waals surface area contributed by atoms with E-state index in [-0.39, 0.29) is 25.2 Å². The van der Waals surface area contributed by atoms with Gasteiger partial charge in [0.25, 0.3) is 0 Å². The van der Waals surface area contributed by atoms with Gasteiger partial charge in [0.1, 0.15) is 12.2 Å². The molecule has 2 unspecified atom stereocenters. The standard InChI is InChI=1S/C12H19N5O3S/c1-8-9(2)21-4-3-17(8)12(20)13-5-10-6-16(15-14-10)7-11(18)19/h6,8-9H,3-5,7H2,1-2H3,(H,13,20)(H,18,19). The summed E-state index contributed by atoms with van der Waals surface area (Å²) in [5.74, 6) is -0.0441. The highest BCUT2D eigenvalue weighted by atomic mass is 32.2. The molecule has 21 heavy (non-hydrogen) atoms. The molecule has 9 heteroatoms. The first kappa shape index (κ1) is 15.6. The molecule has 116 valence electrons. The van der Waals surface area contributed by atoms with Crippen molar-refractivity contribution in [2.75, 3.05) is 12.3 Å². The Morgan fingerprint density at radius 2 is 2.29 bits per heavy atom. The number of aromatic nitrogens is 3. The molecule has 0 aromatic carbocycles. The normalized spacial score (nSPS) is 22.1. The van der Waals surface area contributed by atoms with Crippen LogP contribution >= 0.6 is 11.8 Å². The molecule has 2 heterocycles. The smallest absolute Gasteiger partial charge is 0.325 e. The second-order valence-corrected chi connectivity index (χ2v) is 6.45. The maximum absolute atomic E-state index is 12.2.